The van der Waals surface area contributed by atoms with E-state index in [0.29, 0.717) is 0 Å². The lowest BCUT2D eigenvalue weighted by molar-refractivity contribution is 0.277. The van der Waals surface area contributed by atoms with Crippen LogP contribution >= 0.6 is 11.3 Å². The second-order valence-electron chi connectivity index (χ2n) is 0.985. The van der Waals surface area contributed by atoms with Gasteiger partial charge >= 0.3 is 0 Å². The minimum atomic E-state index is -2.28. The van der Waals surface area contributed by atoms with Crippen LogP contribution in [0, 0.1) is 0 Å². The highest BCUT2D eigenvalue weighted by Gasteiger charge is 1.85. The summed E-state index contributed by atoms with van der Waals surface area (Å²) in [4.78, 5) is 3.58. The van der Waals surface area contributed by atoms with E-state index >= 15 is 0 Å². The molecule has 7 heavy (non-hydrogen) atoms. The zero-order valence-electron chi connectivity index (χ0n) is 5.46. The lowest BCUT2D eigenvalue weighted by Crippen LogP contribution is -1.77. The van der Waals surface area contributed by atoms with Crippen LogP contribution in [0.5, 0.6) is 0 Å². The van der Waals surface area contributed by atoms with Crippen LogP contribution in [0.2, 0.25) is 0 Å². The van der Waals surface area contributed by atoms with E-state index in [1.165, 1.54) is 22.2 Å². The molecule has 0 aliphatic rings. The molecule has 0 aromatic carbocycles. The van der Waals surface area contributed by atoms with Crippen molar-refractivity contribution in [1.82, 2.24) is 4.98 Å². The Morgan fingerprint density at radius 1 is 2.14 bits per heavy atom. The molecular formula is C4H5NOS. The van der Waals surface area contributed by atoms with Gasteiger partial charge in [0.25, 0.3) is 0 Å². The maximum Gasteiger partial charge on any atom is 0.0861 e. The van der Waals surface area contributed by atoms with Gasteiger partial charge in [-0.05, 0) is 0 Å². The molecular weight excluding hydrogens is 110 g/mol. The smallest absolute Gasteiger partial charge is 0.0861 e. The summed E-state index contributed by atoms with van der Waals surface area (Å²) < 4.78 is 13.5. The molecule has 0 unspecified atom stereocenters. The third-order valence-corrected chi connectivity index (χ3v) is 1.13. The summed E-state index contributed by atoms with van der Waals surface area (Å²) in [6.07, 6.45) is 0. The summed E-state index contributed by atoms with van der Waals surface area (Å²) in [6.45, 7) is -2.28. The molecule has 1 aromatic rings. The fraction of sp³-hybridized carbons (Fsp3) is 0.250. The molecule has 0 radical (unpaired) electrons. The van der Waals surface area contributed by atoms with Crippen molar-refractivity contribution in [3.63, 3.8) is 0 Å². The Bertz CT molecular complexity index is 181. The summed E-state index contributed by atoms with van der Waals surface area (Å²) in [5.41, 5.74) is 1.55. The van der Waals surface area contributed by atoms with Gasteiger partial charge in [0.15, 0.2) is 0 Å². The number of rotatable bonds is 1. The number of aliphatic hydroxyl groups is 1. The topological polar surface area (TPSA) is 33.1 Å². The van der Waals surface area contributed by atoms with Gasteiger partial charge in [-0.15, -0.1) is 11.3 Å². The number of hydrogen-bond donors (Lipinski definition) is 1. The van der Waals surface area contributed by atoms with Gasteiger partial charge in [-0.1, -0.05) is 0 Å². The molecule has 1 heterocycles. The molecule has 3 heteroatoms. The van der Waals surface area contributed by atoms with Gasteiger partial charge in [0, 0.05) is 5.38 Å². The molecule has 1 N–H and O–H groups in total. The van der Waals surface area contributed by atoms with Gasteiger partial charge < -0.3 is 5.11 Å². The van der Waals surface area contributed by atoms with Crippen molar-refractivity contribution in [3.8, 4) is 0 Å². The molecule has 0 bridgehead atoms. The fourth-order valence-electron chi connectivity index (χ4n) is 0.268. The highest BCUT2D eigenvalue weighted by molar-refractivity contribution is 7.07. The minimum absolute atomic E-state index is 0.0764. The molecule has 0 aliphatic heterocycles. The molecule has 2 nitrogen and oxygen atoms in total. The van der Waals surface area contributed by atoms with Crippen molar-refractivity contribution < 1.29 is 7.85 Å². The van der Waals surface area contributed by atoms with Gasteiger partial charge in [-0.25, -0.2) is 4.98 Å². The Balaban J connectivity index is 2.90. The highest BCUT2D eigenvalue weighted by Crippen LogP contribution is 1.98. The van der Waals surface area contributed by atoms with E-state index in [-0.39, 0.29) is 5.69 Å². The van der Waals surface area contributed by atoms with Crippen molar-refractivity contribution in [2.45, 2.75) is 6.56 Å². The summed E-state index contributed by atoms with van der Waals surface area (Å²) in [6, 6.07) is 0. The third-order valence-electron chi connectivity index (χ3n) is 0.547. The van der Waals surface area contributed by atoms with Crippen LogP contribution in [0.3, 0.4) is 0 Å². The average molecular weight is 117 g/mol. The summed E-state index contributed by atoms with van der Waals surface area (Å²) in [5, 5.41) is 10.1. The first-order valence-corrected chi connectivity index (χ1v) is 2.66. The van der Waals surface area contributed by atoms with Crippen LogP contribution in [0.15, 0.2) is 10.9 Å². The van der Waals surface area contributed by atoms with E-state index in [1.807, 2.05) is 0 Å². The van der Waals surface area contributed by atoms with Crippen LogP contribution in [-0.4, -0.2) is 10.1 Å². The number of aromatic nitrogens is 1. The Labute approximate surface area is 48.3 Å². The summed E-state index contributed by atoms with van der Waals surface area (Å²) in [7, 11) is 0. The van der Waals surface area contributed by atoms with Gasteiger partial charge in [-0.3, -0.25) is 0 Å². The zero-order valence-corrected chi connectivity index (χ0v) is 4.27. The Hall–Kier alpha value is -0.410. The Morgan fingerprint density at radius 3 is 3.29 bits per heavy atom. The molecule has 1 aromatic heterocycles. The van der Waals surface area contributed by atoms with E-state index in [4.69, 9.17) is 7.85 Å². The summed E-state index contributed by atoms with van der Waals surface area (Å²) >= 11 is 1.26. The third kappa shape index (κ3) is 0.976. The monoisotopic (exact) mass is 117 g/mol. The van der Waals surface area contributed by atoms with Crippen LogP contribution < -0.4 is 0 Å². The Morgan fingerprint density at radius 2 is 3.00 bits per heavy atom. The number of nitrogens with zero attached hydrogens (tertiary/aromatic N) is 1. The molecule has 38 valence electrons. The maximum atomic E-state index is 8.66. The molecule has 0 saturated heterocycles. The van der Waals surface area contributed by atoms with Crippen molar-refractivity contribution >= 4 is 11.3 Å². The second-order valence-corrected chi connectivity index (χ2v) is 1.70. The van der Waals surface area contributed by atoms with Crippen molar-refractivity contribution in [1.29, 1.82) is 0 Å². The molecule has 0 atom stereocenters. The standard InChI is InChI=1S/C4H5NOS/c6-1-4-2-7-3-5-4/h2-3,6H,1H2/i1D2. The molecule has 0 spiro atoms. The van der Waals surface area contributed by atoms with E-state index in [9.17, 15) is 0 Å². The van der Waals surface area contributed by atoms with Gasteiger partial charge in [0.2, 0.25) is 0 Å². The normalized spacial score (nSPS) is 15.6. The average Bonchev–Trinajstić information content (AvgIpc) is 2.08. The van der Waals surface area contributed by atoms with Crippen LogP contribution in [0.1, 0.15) is 8.44 Å². The van der Waals surface area contributed by atoms with Crippen LogP contribution in [0.25, 0.3) is 0 Å². The summed E-state index contributed by atoms with van der Waals surface area (Å²) in [5.74, 6) is 0. The highest BCUT2D eigenvalue weighted by atomic mass is 32.1. The van der Waals surface area contributed by atoms with E-state index in [1.54, 1.807) is 0 Å². The molecule has 0 amide bonds. The number of hydrogen-bond acceptors (Lipinski definition) is 3. The minimum Gasteiger partial charge on any atom is -0.390 e. The van der Waals surface area contributed by atoms with Crippen molar-refractivity contribution in [2.75, 3.05) is 0 Å². The molecule has 1 rings (SSSR count). The second kappa shape index (κ2) is 2.04. The molecule has 0 saturated carbocycles. The zero-order chi connectivity index (χ0) is 6.91. The number of thiazole rings is 1. The fourth-order valence-corrected chi connectivity index (χ4v) is 0.745. The SMILES string of the molecule is [2H]C([2H])(O)c1cscn1. The predicted molar refractivity (Wildman–Crippen MR) is 28.0 cm³/mol. The molecule has 0 aliphatic carbocycles. The van der Waals surface area contributed by atoms with E-state index < -0.39 is 6.56 Å². The lowest BCUT2D eigenvalue weighted by Gasteiger charge is -1.77. The lowest BCUT2D eigenvalue weighted by atomic mass is 10.5. The van der Waals surface area contributed by atoms with Gasteiger partial charge in [0.1, 0.15) is 0 Å². The van der Waals surface area contributed by atoms with Crippen molar-refractivity contribution in [3.05, 3.63) is 16.6 Å². The quantitative estimate of drug-likeness (QED) is 0.585. The first-order chi connectivity index (χ1) is 4.11. The van der Waals surface area contributed by atoms with Crippen LogP contribution in [-0.2, 0) is 6.56 Å². The first-order valence-electron chi connectivity index (χ1n) is 2.72. The predicted octanol–water partition coefficient (Wildman–Crippen LogP) is 0.635. The van der Waals surface area contributed by atoms with Crippen molar-refractivity contribution in [2.24, 2.45) is 0 Å². The Kier molecular flexibility index (Phi) is 0.815. The molecule has 0 fully saturated rings. The van der Waals surface area contributed by atoms with E-state index in [0.717, 1.165) is 0 Å². The van der Waals surface area contributed by atoms with E-state index in [2.05, 4.69) is 4.98 Å². The van der Waals surface area contributed by atoms with Gasteiger partial charge in [-0.2, -0.15) is 0 Å². The van der Waals surface area contributed by atoms with Crippen LogP contribution in [0.4, 0.5) is 0 Å². The largest absolute Gasteiger partial charge is 0.390 e. The maximum absolute atomic E-state index is 8.66. The first kappa shape index (κ1) is 2.79. The van der Waals surface area contributed by atoms with Gasteiger partial charge in [0.05, 0.1) is 20.5 Å².